The third kappa shape index (κ3) is 21.7. The van der Waals surface area contributed by atoms with E-state index in [0.29, 0.717) is 12.8 Å². The maximum Gasteiger partial charge on any atom is 0.312 e. The maximum atomic E-state index is 13.6. The van der Waals surface area contributed by atoms with Crippen molar-refractivity contribution in [2.75, 3.05) is 33.4 Å². The van der Waals surface area contributed by atoms with Crippen molar-refractivity contribution in [2.45, 2.75) is 265 Å². The molecule has 0 aromatic carbocycles. The fraction of sp³-hybridized carbons (Fsp3) is 0.905. The average molecular weight is 1010 g/mol. The highest BCUT2D eigenvalue weighted by atomic mass is 16.6. The molecule has 0 amide bonds. The number of rotatable bonds is 40. The van der Waals surface area contributed by atoms with Crippen LogP contribution in [0.3, 0.4) is 0 Å². The Morgan fingerprint density at radius 3 is 1.54 bits per heavy atom. The maximum absolute atomic E-state index is 13.6. The molecule has 412 valence electrons. The number of nitrogens with zero attached hydrogens (tertiary/aromatic N) is 1. The van der Waals surface area contributed by atoms with Gasteiger partial charge >= 0.3 is 23.9 Å². The van der Waals surface area contributed by atoms with E-state index >= 15 is 0 Å². The summed E-state index contributed by atoms with van der Waals surface area (Å²) in [5, 5.41) is 0. The number of carbonyl (C=O) groups is 4. The van der Waals surface area contributed by atoms with Gasteiger partial charge < -0.3 is 23.8 Å². The molecule has 0 aromatic rings. The second-order valence-corrected chi connectivity index (χ2v) is 25.2. The Labute approximate surface area is 440 Å². The summed E-state index contributed by atoms with van der Waals surface area (Å²) in [5.41, 5.74) is -0.484. The number of hydrogen-bond acceptors (Lipinski definition) is 9. The molecule has 0 aromatic heterocycles. The predicted octanol–water partition coefficient (Wildman–Crippen LogP) is 15.3. The molecule has 0 spiro atoms. The number of allylic oxidation sites excluding steroid dienone is 2. The normalized spacial score (nSPS) is 29.7. The van der Waals surface area contributed by atoms with E-state index in [1.165, 1.54) is 128 Å². The van der Waals surface area contributed by atoms with Crippen molar-refractivity contribution in [2.24, 2.45) is 64.6 Å². The van der Waals surface area contributed by atoms with Gasteiger partial charge in [0.1, 0.15) is 19.3 Å². The Hall–Kier alpha value is -2.42. The summed E-state index contributed by atoms with van der Waals surface area (Å²) >= 11 is 0. The average Bonchev–Trinajstić information content (AvgIpc) is 4.26. The zero-order valence-corrected chi connectivity index (χ0v) is 46.9. The zero-order chi connectivity index (χ0) is 51.1. The molecule has 5 saturated carbocycles. The van der Waals surface area contributed by atoms with Gasteiger partial charge in [-0.1, -0.05) is 148 Å². The molecule has 9 heteroatoms. The largest absolute Gasteiger partial charge is 0.462 e. The van der Waals surface area contributed by atoms with Crippen LogP contribution in [0, 0.1) is 64.6 Å². The number of carbonyl (C=O) groups excluding carboxylic acids is 4. The third-order valence-electron chi connectivity index (χ3n) is 18.9. The van der Waals surface area contributed by atoms with Crippen molar-refractivity contribution in [1.29, 1.82) is 0 Å². The van der Waals surface area contributed by atoms with Crippen LogP contribution in [0.1, 0.15) is 252 Å². The van der Waals surface area contributed by atoms with Gasteiger partial charge in [-0.3, -0.25) is 19.2 Å². The van der Waals surface area contributed by atoms with Crippen LogP contribution in [-0.4, -0.2) is 74.3 Å². The lowest BCUT2D eigenvalue weighted by Crippen LogP contribution is -2.43. The molecule has 6 aliphatic rings. The monoisotopic (exact) mass is 1010 g/mol. The summed E-state index contributed by atoms with van der Waals surface area (Å²) in [7, 11) is 2.09. The van der Waals surface area contributed by atoms with Gasteiger partial charge in [0.05, 0.1) is 5.41 Å². The lowest BCUT2D eigenvalue weighted by molar-refractivity contribution is -0.167. The van der Waals surface area contributed by atoms with Gasteiger partial charge in [-0.05, 0) is 170 Å². The molecule has 12 atom stereocenters. The van der Waals surface area contributed by atoms with Crippen LogP contribution in [0.2, 0.25) is 0 Å². The van der Waals surface area contributed by atoms with Crippen molar-refractivity contribution in [3.05, 3.63) is 12.2 Å². The first-order valence-corrected chi connectivity index (χ1v) is 31.0. The number of ether oxygens (including phenoxy) is 4. The molecule has 72 heavy (non-hydrogen) atoms. The standard InChI is InChI=1S/C63H107NO8/c1-6-9-18-25-47-38-52(47)42-54-40-49(54)27-21-14-12-16-23-30-59(65)69-45-56(71-60(66)31-24-17-13-15-22-28-50-41-55(50)43-53-39-48(53)26-19-10-7-2)46-70-61(67)44-51-32-33-58(57(51)29-20-11-8-3)72-62(68)63(4)34-36-64(5)37-35-63/h11,20,47-58H,6-10,12-19,21-46H2,1-5H3/b20-11-. The van der Waals surface area contributed by atoms with Gasteiger partial charge in [0.25, 0.3) is 0 Å². The second-order valence-electron chi connectivity index (χ2n) is 25.2. The molecule has 1 aliphatic heterocycles. The predicted molar refractivity (Wildman–Crippen MR) is 290 cm³/mol. The molecule has 12 unspecified atom stereocenters. The van der Waals surface area contributed by atoms with Crippen LogP contribution in [0.4, 0.5) is 0 Å². The highest BCUT2D eigenvalue weighted by Crippen LogP contribution is 2.56. The molecule has 0 N–H and O–H groups in total. The van der Waals surface area contributed by atoms with Gasteiger partial charge in [0.2, 0.25) is 0 Å². The fourth-order valence-corrected chi connectivity index (χ4v) is 13.3. The lowest BCUT2D eigenvalue weighted by atomic mass is 9.80. The summed E-state index contributed by atoms with van der Waals surface area (Å²) in [6, 6.07) is 0. The van der Waals surface area contributed by atoms with Gasteiger partial charge in [-0.2, -0.15) is 0 Å². The molecule has 6 fully saturated rings. The zero-order valence-electron chi connectivity index (χ0n) is 46.9. The van der Waals surface area contributed by atoms with E-state index in [-0.39, 0.29) is 61.5 Å². The second kappa shape index (κ2) is 31.6. The molecule has 0 bridgehead atoms. The van der Waals surface area contributed by atoms with Crippen LogP contribution in [-0.2, 0) is 38.1 Å². The summed E-state index contributed by atoms with van der Waals surface area (Å²) in [6.07, 6.45) is 42.4. The lowest BCUT2D eigenvalue weighted by Gasteiger charge is -2.37. The third-order valence-corrected chi connectivity index (χ3v) is 18.9. The number of esters is 4. The molecule has 1 heterocycles. The highest BCUT2D eigenvalue weighted by molar-refractivity contribution is 5.77. The quantitative estimate of drug-likeness (QED) is 0.0257. The number of piperidine rings is 1. The van der Waals surface area contributed by atoms with E-state index in [4.69, 9.17) is 18.9 Å². The molecular formula is C63H107NO8. The van der Waals surface area contributed by atoms with Crippen LogP contribution < -0.4 is 0 Å². The van der Waals surface area contributed by atoms with E-state index < -0.39 is 11.5 Å². The van der Waals surface area contributed by atoms with Gasteiger partial charge in [-0.15, -0.1) is 0 Å². The SMILES string of the molecule is CC/C=C\CC1C(CC(=O)OCC(COC(=O)CCCCCCCC2CC2CC2CC2CCCCC)OC(=O)CCCCCCCC2CC2CC2CC2CCCCC)CCC1OC(=O)C1(C)CCN(C)CC1. The molecular weight excluding hydrogens is 899 g/mol. The minimum atomic E-state index is -0.854. The van der Waals surface area contributed by atoms with E-state index in [1.807, 2.05) is 6.92 Å². The molecule has 9 nitrogen and oxygen atoms in total. The molecule has 5 aliphatic carbocycles. The Balaban J connectivity index is 0.871. The van der Waals surface area contributed by atoms with Crippen molar-refractivity contribution >= 4 is 23.9 Å². The Morgan fingerprint density at radius 1 is 0.556 bits per heavy atom. The van der Waals surface area contributed by atoms with Crippen molar-refractivity contribution < 1.29 is 38.1 Å². The van der Waals surface area contributed by atoms with E-state index in [9.17, 15) is 19.2 Å². The molecule has 0 radical (unpaired) electrons. The van der Waals surface area contributed by atoms with Crippen LogP contribution in [0.5, 0.6) is 0 Å². The minimum absolute atomic E-state index is 0.00761. The number of unbranched alkanes of at least 4 members (excludes halogenated alkanes) is 12. The van der Waals surface area contributed by atoms with Gasteiger partial charge in [0, 0.05) is 25.2 Å². The summed E-state index contributed by atoms with van der Waals surface area (Å²) < 4.78 is 23.7. The minimum Gasteiger partial charge on any atom is -0.462 e. The first kappa shape index (κ1) is 58.8. The van der Waals surface area contributed by atoms with Crippen LogP contribution in [0.25, 0.3) is 0 Å². The number of hydrogen-bond donors (Lipinski definition) is 0. The van der Waals surface area contributed by atoms with Crippen molar-refractivity contribution in [3.63, 3.8) is 0 Å². The summed E-state index contributed by atoms with van der Waals surface area (Å²) in [4.78, 5) is 55.5. The Morgan fingerprint density at radius 2 is 1.03 bits per heavy atom. The van der Waals surface area contributed by atoms with Crippen LogP contribution >= 0.6 is 0 Å². The topological polar surface area (TPSA) is 108 Å². The van der Waals surface area contributed by atoms with E-state index in [1.54, 1.807) is 0 Å². The summed E-state index contributed by atoms with van der Waals surface area (Å²) in [6.45, 7) is 10.2. The van der Waals surface area contributed by atoms with Crippen molar-refractivity contribution in [1.82, 2.24) is 4.90 Å². The Bertz CT molecular complexity index is 1620. The molecule has 1 saturated heterocycles. The van der Waals surface area contributed by atoms with Crippen molar-refractivity contribution in [3.8, 4) is 0 Å². The van der Waals surface area contributed by atoms with Gasteiger partial charge in [0.15, 0.2) is 6.10 Å². The first-order chi connectivity index (χ1) is 35.0. The summed E-state index contributed by atoms with van der Waals surface area (Å²) in [5.74, 6) is 6.97. The van der Waals surface area contributed by atoms with E-state index in [0.717, 1.165) is 137 Å². The van der Waals surface area contributed by atoms with E-state index in [2.05, 4.69) is 44.9 Å². The Kier molecular flexibility index (Phi) is 25.8. The number of likely N-dealkylation sites (tertiary alicyclic amines) is 1. The fourth-order valence-electron chi connectivity index (χ4n) is 13.3. The van der Waals surface area contributed by atoms with Crippen LogP contribution in [0.15, 0.2) is 12.2 Å². The highest BCUT2D eigenvalue weighted by Gasteiger charge is 2.47. The van der Waals surface area contributed by atoms with Gasteiger partial charge in [-0.25, -0.2) is 0 Å². The molecule has 6 rings (SSSR count). The smallest absolute Gasteiger partial charge is 0.312 e. The first-order valence-electron chi connectivity index (χ1n) is 31.0.